The molecule has 0 bridgehead atoms. The Bertz CT molecular complexity index is 591. The van der Waals surface area contributed by atoms with Gasteiger partial charge in [-0.2, -0.15) is 0 Å². The molecule has 2 aromatic rings. The molecule has 2 aromatic carbocycles. The normalized spacial score (nSPS) is 10.2. The van der Waals surface area contributed by atoms with Crippen molar-refractivity contribution in [1.82, 2.24) is 0 Å². The first-order valence-electron chi connectivity index (χ1n) is 5.95. The number of carbonyl (C=O) groups is 1. The fraction of sp³-hybridized carbons (Fsp3) is 0.133. The van der Waals surface area contributed by atoms with Crippen molar-refractivity contribution in [2.45, 2.75) is 13.3 Å². The molecule has 0 aliphatic carbocycles. The molecule has 4 heteroatoms. The molecular formula is C15H15ClN2O. The molecular weight excluding hydrogens is 260 g/mol. The second-order valence-corrected chi connectivity index (χ2v) is 4.83. The van der Waals surface area contributed by atoms with Crippen molar-refractivity contribution in [1.29, 1.82) is 0 Å². The van der Waals surface area contributed by atoms with Crippen LogP contribution in [0.25, 0.3) is 0 Å². The van der Waals surface area contributed by atoms with Crippen molar-refractivity contribution in [2.24, 2.45) is 0 Å². The number of hydrogen-bond donors (Lipinski definition) is 2. The zero-order valence-corrected chi connectivity index (χ0v) is 11.4. The molecule has 1 amide bonds. The number of nitrogens with two attached hydrogens (primary N) is 1. The molecule has 0 saturated heterocycles. The predicted molar refractivity (Wildman–Crippen MR) is 79.4 cm³/mol. The number of halogens is 1. The third kappa shape index (κ3) is 3.48. The summed E-state index contributed by atoms with van der Waals surface area (Å²) in [6.45, 7) is 1.91. The van der Waals surface area contributed by atoms with Crippen LogP contribution < -0.4 is 11.1 Å². The zero-order valence-electron chi connectivity index (χ0n) is 10.6. The molecule has 3 nitrogen and oxygen atoms in total. The second kappa shape index (κ2) is 5.76. The summed E-state index contributed by atoms with van der Waals surface area (Å²) in [5.74, 6) is -0.108. The maximum Gasteiger partial charge on any atom is 0.228 e. The van der Waals surface area contributed by atoms with Gasteiger partial charge in [-0.05, 0) is 36.2 Å². The average molecular weight is 275 g/mol. The minimum absolute atomic E-state index is 0.108. The van der Waals surface area contributed by atoms with Crippen molar-refractivity contribution in [3.8, 4) is 0 Å². The Morgan fingerprint density at radius 2 is 2.00 bits per heavy atom. The predicted octanol–water partition coefficient (Wildman–Crippen LogP) is 3.41. The number of nitrogen functional groups attached to an aromatic ring is 1. The highest BCUT2D eigenvalue weighted by atomic mass is 35.5. The van der Waals surface area contributed by atoms with Crippen molar-refractivity contribution in [3.63, 3.8) is 0 Å². The van der Waals surface area contributed by atoms with E-state index in [1.54, 1.807) is 18.2 Å². The van der Waals surface area contributed by atoms with E-state index in [4.69, 9.17) is 17.3 Å². The first-order chi connectivity index (χ1) is 9.06. The molecule has 0 atom stereocenters. The monoisotopic (exact) mass is 274 g/mol. The first-order valence-corrected chi connectivity index (χ1v) is 6.33. The summed E-state index contributed by atoms with van der Waals surface area (Å²) in [5.41, 5.74) is 8.91. The van der Waals surface area contributed by atoms with Crippen LogP contribution in [-0.2, 0) is 11.2 Å². The van der Waals surface area contributed by atoms with E-state index in [-0.39, 0.29) is 12.3 Å². The molecule has 0 heterocycles. The average Bonchev–Trinajstić information content (AvgIpc) is 2.34. The van der Waals surface area contributed by atoms with Gasteiger partial charge in [-0.3, -0.25) is 4.79 Å². The number of aryl methyl sites for hydroxylation is 1. The number of amides is 1. The van der Waals surface area contributed by atoms with E-state index in [2.05, 4.69) is 5.32 Å². The summed E-state index contributed by atoms with van der Waals surface area (Å²) in [6, 6.07) is 12.8. The van der Waals surface area contributed by atoms with Crippen molar-refractivity contribution < 1.29 is 4.79 Å². The van der Waals surface area contributed by atoms with Crippen molar-refractivity contribution in [2.75, 3.05) is 11.1 Å². The number of nitrogens with one attached hydrogen (secondary N) is 1. The SMILES string of the molecule is Cc1cccc(N)c1NC(=O)Cc1cccc(Cl)c1. The van der Waals surface area contributed by atoms with E-state index in [0.29, 0.717) is 16.4 Å². The molecule has 0 fully saturated rings. The topological polar surface area (TPSA) is 55.1 Å². The van der Waals surface area contributed by atoms with Gasteiger partial charge in [-0.15, -0.1) is 0 Å². The highest BCUT2D eigenvalue weighted by molar-refractivity contribution is 6.30. The molecule has 3 N–H and O–H groups in total. The van der Waals surface area contributed by atoms with Crippen LogP contribution in [0.2, 0.25) is 5.02 Å². The van der Waals surface area contributed by atoms with Crippen LogP contribution in [0.5, 0.6) is 0 Å². The summed E-state index contributed by atoms with van der Waals surface area (Å²) in [4.78, 5) is 12.0. The number of anilines is 2. The summed E-state index contributed by atoms with van der Waals surface area (Å²) in [6.07, 6.45) is 0.272. The van der Waals surface area contributed by atoms with E-state index < -0.39 is 0 Å². The number of rotatable bonds is 3. The van der Waals surface area contributed by atoms with Gasteiger partial charge in [0.15, 0.2) is 0 Å². The third-order valence-electron chi connectivity index (χ3n) is 2.82. The Morgan fingerprint density at radius 1 is 1.26 bits per heavy atom. The standard InChI is InChI=1S/C15H15ClN2O/c1-10-4-2-7-13(17)15(10)18-14(19)9-11-5-3-6-12(16)8-11/h2-8H,9,17H2,1H3,(H,18,19). The Labute approximate surface area is 117 Å². The van der Waals surface area contributed by atoms with E-state index in [1.165, 1.54) is 0 Å². The smallest absolute Gasteiger partial charge is 0.228 e. The fourth-order valence-electron chi connectivity index (χ4n) is 1.88. The molecule has 0 saturated carbocycles. The molecule has 0 aromatic heterocycles. The number of para-hydroxylation sites is 1. The number of carbonyl (C=O) groups excluding carboxylic acids is 1. The highest BCUT2D eigenvalue weighted by Crippen LogP contribution is 2.22. The zero-order chi connectivity index (χ0) is 13.8. The van der Waals surface area contributed by atoms with Gasteiger partial charge in [0.1, 0.15) is 0 Å². The summed E-state index contributed by atoms with van der Waals surface area (Å²) in [5, 5.41) is 3.47. The second-order valence-electron chi connectivity index (χ2n) is 4.39. The minimum Gasteiger partial charge on any atom is -0.397 e. The Hall–Kier alpha value is -2.00. The van der Waals surface area contributed by atoms with Crippen LogP contribution in [0.4, 0.5) is 11.4 Å². The lowest BCUT2D eigenvalue weighted by Crippen LogP contribution is -2.16. The van der Waals surface area contributed by atoms with E-state index >= 15 is 0 Å². The van der Waals surface area contributed by atoms with Crippen molar-refractivity contribution in [3.05, 3.63) is 58.6 Å². The lowest BCUT2D eigenvalue weighted by molar-refractivity contribution is -0.115. The van der Waals surface area contributed by atoms with Gasteiger partial charge in [-0.1, -0.05) is 35.9 Å². The van der Waals surface area contributed by atoms with Crippen LogP contribution in [0.3, 0.4) is 0 Å². The number of hydrogen-bond acceptors (Lipinski definition) is 2. The highest BCUT2D eigenvalue weighted by Gasteiger charge is 2.08. The fourth-order valence-corrected chi connectivity index (χ4v) is 2.09. The van der Waals surface area contributed by atoms with Crippen molar-refractivity contribution >= 4 is 28.9 Å². The van der Waals surface area contributed by atoms with Crippen LogP contribution in [-0.4, -0.2) is 5.91 Å². The van der Waals surface area contributed by atoms with Crippen LogP contribution in [0.1, 0.15) is 11.1 Å². The number of benzene rings is 2. The lowest BCUT2D eigenvalue weighted by Gasteiger charge is -2.11. The molecule has 0 aliphatic heterocycles. The van der Waals surface area contributed by atoms with E-state index in [0.717, 1.165) is 11.1 Å². The Balaban J connectivity index is 2.10. The summed E-state index contributed by atoms with van der Waals surface area (Å²) >= 11 is 5.89. The minimum atomic E-state index is -0.108. The third-order valence-corrected chi connectivity index (χ3v) is 3.06. The van der Waals surface area contributed by atoms with Gasteiger partial charge in [0, 0.05) is 5.02 Å². The van der Waals surface area contributed by atoms with Gasteiger partial charge >= 0.3 is 0 Å². The van der Waals surface area contributed by atoms with Crippen LogP contribution in [0.15, 0.2) is 42.5 Å². The Morgan fingerprint density at radius 3 is 2.68 bits per heavy atom. The van der Waals surface area contributed by atoms with Gasteiger partial charge in [0.2, 0.25) is 5.91 Å². The van der Waals surface area contributed by atoms with Gasteiger partial charge < -0.3 is 11.1 Å². The maximum atomic E-state index is 12.0. The molecule has 0 unspecified atom stereocenters. The quantitative estimate of drug-likeness (QED) is 0.843. The lowest BCUT2D eigenvalue weighted by atomic mass is 10.1. The summed E-state index contributed by atoms with van der Waals surface area (Å²) < 4.78 is 0. The van der Waals surface area contributed by atoms with Gasteiger partial charge in [-0.25, -0.2) is 0 Å². The Kier molecular flexibility index (Phi) is 4.07. The van der Waals surface area contributed by atoms with Crippen LogP contribution in [0, 0.1) is 6.92 Å². The van der Waals surface area contributed by atoms with Crippen LogP contribution >= 0.6 is 11.6 Å². The van der Waals surface area contributed by atoms with E-state index in [9.17, 15) is 4.79 Å². The first kappa shape index (κ1) is 13.4. The molecule has 19 heavy (non-hydrogen) atoms. The molecule has 0 radical (unpaired) electrons. The largest absolute Gasteiger partial charge is 0.397 e. The maximum absolute atomic E-state index is 12.0. The van der Waals surface area contributed by atoms with Gasteiger partial charge in [0.05, 0.1) is 17.8 Å². The summed E-state index contributed by atoms with van der Waals surface area (Å²) in [7, 11) is 0. The molecule has 0 spiro atoms. The van der Waals surface area contributed by atoms with E-state index in [1.807, 2.05) is 31.2 Å². The molecule has 98 valence electrons. The molecule has 0 aliphatic rings. The van der Waals surface area contributed by atoms with Gasteiger partial charge in [0.25, 0.3) is 0 Å². The molecule has 2 rings (SSSR count).